The lowest BCUT2D eigenvalue weighted by atomic mass is 10.0. The summed E-state index contributed by atoms with van der Waals surface area (Å²) in [6, 6.07) is 14.7. The summed E-state index contributed by atoms with van der Waals surface area (Å²) < 4.78 is 19.7. The number of halogens is 2. The van der Waals surface area contributed by atoms with Gasteiger partial charge in [0, 0.05) is 31.3 Å². The zero-order chi connectivity index (χ0) is 21.3. The molecule has 1 saturated heterocycles. The molecule has 0 radical (unpaired) electrons. The number of methoxy groups -OCH3 is 1. The summed E-state index contributed by atoms with van der Waals surface area (Å²) in [5.74, 6) is 1.07. The molecule has 1 fully saturated rings. The van der Waals surface area contributed by atoms with Crippen LogP contribution in [0, 0.1) is 17.1 Å². The van der Waals surface area contributed by atoms with Gasteiger partial charge in [0.25, 0.3) is 0 Å². The van der Waals surface area contributed by atoms with Gasteiger partial charge in [-0.2, -0.15) is 5.26 Å². The van der Waals surface area contributed by atoms with Gasteiger partial charge in [-0.15, -0.1) is 24.0 Å². The van der Waals surface area contributed by atoms with Gasteiger partial charge >= 0.3 is 0 Å². The number of nitrogens with zero attached hydrogens (tertiary/aromatic N) is 3. The van der Waals surface area contributed by atoms with E-state index in [0.29, 0.717) is 23.6 Å². The second kappa shape index (κ2) is 12.5. The Labute approximate surface area is 200 Å². The van der Waals surface area contributed by atoms with Crippen LogP contribution in [0.15, 0.2) is 47.5 Å². The smallest absolute Gasteiger partial charge is 0.191 e. The van der Waals surface area contributed by atoms with Crippen molar-refractivity contribution in [2.75, 3.05) is 33.8 Å². The average Bonchev–Trinajstić information content (AvgIpc) is 3.31. The van der Waals surface area contributed by atoms with Crippen molar-refractivity contribution in [2.24, 2.45) is 4.99 Å². The number of likely N-dealkylation sites (tertiary alicyclic amines) is 1. The largest absolute Gasteiger partial charge is 0.496 e. The van der Waals surface area contributed by atoms with Crippen molar-refractivity contribution in [3.8, 4) is 11.8 Å². The Balaban J connectivity index is 0.00000341. The predicted molar refractivity (Wildman–Crippen MR) is 131 cm³/mol. The van der Waals surface area contributed by atoms with Crippen LogP contribution in [0.2, 0.25) is 0 Å². The Bertz CT molecular complexity index is 924. The molecular formula is C23H29FIN5O. The van der Waals surface area contributed by atoms with Crippen LogP contribution in [0.4, 0.5) is 4.39 Å². The van der Waals surface area contributed by atoms with Gasteiger partial charge < -0.3 is 15.4 Å². The molecule has 1 aliphatic rings. The molecular weight excluding hydrogens is 508 g/mol. The van der Waals surface area contributed by atoms with E-state index in [4.69, 9.17) is 10.00 Å². The molecule has 2 aromatic rings. The number of hydrogen-bond acceptors (Lipinski definition) is 4. The molecule has 0 aromatic heterocycles. The molecule has 1 aliphatic heterocycles. The Morgan fingerprint density at radius 2 is 1.97 bits per heavy atom. The standard InChI is InChI=1S/C23H28FN5O.HI/c1-26-23(27-15-18-10-9-17(14-25)13-20(18)24)28-16-21(29-11-5-6-12-29)19-7-3-4-8-22(19)30-2;/h3-4,7-10,13,21H,5-6,11-12,15-16H2,1-2H3,(H2,26,27,28);1H. The maximum absolute atomic E-state index is 14.1. The third kappa shape index (κ3) is 6.55. The minimum atomic E-state index is -0.402. The summed E-state index contributed by atoms with van der Waals surface area (Å²) in [5.41, 5.74) is 1.93. The van der Waals surface area contributed by atoms with Crippen LogP contribution >= 0.6 is 24.0 Å². The van der Waals surface area contributed by atoms with E-state index >= 15 is 0 Å². The molecule has 0 bridgehead atoms. The highest BCUT2D eigenvalue weighted by atomic mass is 127. The molecule has 0 saturated carbocycles. The minimum absolute atomic E-state index is 0. The molecule has 2 aromatic carbocycles. The number of benzene rings is 2. The normalized spacial score (nSPS) is 15.0. The Hall–Kier alpha value is -2.38. The van der Waals surface area contributed by atoms with Crippen molar-refractivity contribution in [2.45, 2.75) is 25.4 Å². The van der Waals surface area contributed by atoms with E-state index in [-0.39, 0.29) is 36.6 Å². The van der Waals surface area contributed by atoms with E-state index < -0.39 is 5.82 Å². The summed E-state index contributed by atoms with van der Waals surface area (Å²) in [6.07, 6.45) is 2.38. The first-order valence-corrected chi connectivity index (χ1v) is 10.2. The second-order valence-electron chi connectivity index (χ2n) is 7.23. The highest BCUT2D eigenvalue weighted by Crippen LogP contribution is 2.31. The van der Waals surface area contributed by atoms with E-state index in [2.05, 4.69) is 26.6 Å². The van der Waals surface area contributed by atoms with E-state index in [0.717, 1.165) is 24.4 Å². The molecule has 8 heteroatoms. The quantitative estimate of drug-likeness (QED) is 0.319. The summed E-state index contributed by atoms with van der Waals surface area (Å²) >= 11 is 0. The number of para-hydroxylation sites is 1. The summed E-state index contributed by atoms with van der Waals surface area (Å²) in [6.45, 7) is 3.02. The summed E-state index contributed by atoms with van der Waals surface area (Å²) in [4.78, 5) is 6.73. The lowest BCUT2D eigenvalue weighted by molar-refractivity contribution is 0.239. The number of aliphatic imine (C=N–C) groups is 1. The van der Waals surface area contributed by atoms with Gasteiger partial charge in [-0.3, -0.25) is 9.89 Å². The molecule has 31 heavy (non-hydrogen) atoms. The van der Waals surface area contributed by atoms with E-state index in [1.807, 2.05) is 24.3 Å². The molecule has 1 unspecified atom stereocenters. The number of ether oxygens (including phenoxy) is 1. The van der Waals surface area contributed by atoms with Crippen molar-refractivity contribution < 1.29 is 9.13 Å². The zero-order valence-corrected chi connectivity index (χ0v) is 20.2. The number of rotatable bonds is 7. The fourth-order valence-corrected chi connectivity index (χ4v) is 3.78. The van der Waals surface area contributed by atoms with Gasteiger partial charge in [0.15, 0.2) is 5.96 Å². The molecule has 0 aliphatic carbocycles. The van der Waals surface area contributed by atoms with Crippen molar-refractivity contribution in [1.29, 1.82) is 5.26 Å². The molecule has 3 rings (SSSR count). The van der Waals surface area contributed by atoms with Crippen molar-refractivity contribution in [3.63, 3.8) is 0 Å². The molecule has 166 valence electrons. The fourth-order valence-electron chi connectivity index (χ4n) is 3.78. The van der Waals surface area contributed by atoms with Gasteiger partial charge in [0.05, 0.1) is 24.8 Å². The first-order valence-electron chi connectivity index (χ1n) is 10.2. The molecule has 1 atom stereocenters. The van der Waals surface area contributed by atoms with Crippen LogP contribution in [0.25, 0.3) is 0 Å². The molecule has 0 amide bonds. The molecule has 6 nitrogen and oxygen atoms in total. The van der Waals surface area contributed by atoms with Crippen LogP contribution in [-0.4, -0.2) is 44.7 Å². The van der Waals surface area contributed by atoms with Crippen molar-refractivity contribution >= 4 is 29.9 Å². The highest BCUT2D eigenvalue weighted by Gasteiger charge is 2.26. The predicted octanol–water partition coefficient (Wildman–Crippen LogP) is 3.83. The maximum atomic E-state index is 14.1. The molecule has 2 N–H and O–H groups in total. The highest BCUT2D eigenvalue weighted by molar-refractivity contribution is 14.0. The second-order valence-corrected chi connectivity index (χ2v) is 7.23. The van der Waals surface area contributed by atoms with Gasteiger partial charge in [0.2, 0.25) is 0 Å². The molecule has 0 spiro atoms. The van der Waals surface area contributed by atoms with Gasteiger partial charge in [0.1, 0.15) is 11.6 Å². The maximum Gasteiger partial charge on any atom is 0.191 e. The fraction of sp³-hybridized carbons (Fsp3) is 0.391. The summed E-state index contributed by atoms with van der Waals surface area (Å²) in [5, 5.41) is 15.4. The number of hydrogen-bond donors (Lipinski definition) is 2. The Morgan fingerprint density at radius 3 is 2.61 bits per heavy atom. The van der Waals surface area contributed by atoms with Crippen molar-refractivity contribution in [1.82, 2.24) is 15.5 Å². The van der Waals surface area contributed by atoms with Crippen LogP contribution in [0.5, 0.6) is 5.75 Å². The van der Waals surface area contributed by atoms with Crippen LogP contribution in [0.3, 0.4) is 0 Å². The van der Waals surface area contributed by atoms with Gasteiger partial charge in [-0.25, -0.2) is 4.39 Å². The third-order valence-electron chi connectivity index (χ3n) is 5.39. The zero-order valence-electron chi connectivity index (χ0n) is 17.9. The summed E-state index contributed by atoms with van der Waals surface area (Å²) in [7, 11) is 3.39. The minimum Gasteiger partial charge on any atom is -0.496 e. The average molecular weight is 537 g/mol. The molecule has 1 heterocycles. The topological polar surface area (TPSA) is 72.7 Å². The lowest BCUT2D eigenvalue weighted by Gasteiger charge is -2.30. The number of nitrogens with one attached hydrogen (secondary N) is 2. The third-order valence-corrected chi connectivity index (χ3v) is 5.39. The number of guanidine groups is 1. The SMILES string of the molecule is CN=C(NCc1ccc(C#N)cc1F)NCC(c1ccccc1OC)N1CCCC1.I. The van der Waals surface area contributed by atoms with Crippen molar-refractivity contribution in [3.05, 3.63) is 65.0 Å². The Kier molecular flexibility index (Phi) is 10.0. The first-order chi connectivity index (χ1) is 14.7. The number of nitriles is 1. The van der Waals surface area contributed by atoms with Gasteiger partial charge in [-0.1, -0.05) is 24.3 Å². The van der Waals surface area contributed by atoms with Crippen LogP contribution in [0.1, 0.15) is 35.6 Å². The Morgan fingerprint density at radius 1 is 1.23 bits per heavy atom. The first kappa shape index (κ1) is 24.9. The van der Waals surface area contributed by atoms with Crippen LogP contribution < -0.4 is 15.4 Å². The van der Waals surface area contributed by atoms with E-state index in [9.17, 15) is 4.39 Å². The monoisotopic (exact) mass is 537 g/mol. The van der Waals surface area contributed by atoms with Gasteiger partial charge in [-0.05, 0) is 44.1 Å². The van der Waals surface area contributed by atoms with Crippen LogP contribution in [-0.2, 0) is 6.54 Å². The lowest BCUT2D eigenvalue weighted by Crippen LogP contribution is -2.42. The van der Waals surface area contributed by atoms with E-state index in [1.165, 1.54) is 18.9 Å². The van der Waals surface area contributed by atoms with E-state index in [1.54, 1.807) is 26.3 Å².